The van der Waals surface area contributed by atoms with Crippen molar-refractivity contribution in [2.75, 3.05) is 13.7 Å². The second kappa shape index (κ2) is 10.8. The predicted octanol–water partition coefficient (Wildman–Crippen LogP) is 3.69. The highest BCUT2D eigenvalue weighted by Gasteiger charge is 2.28. The van der Waals surface area contributed by atoms with E-state index in [-0.39, 0.29) is 36.8 Å². The van der Waals surface area contributed by atoms with Crippen LogP contribution < -0.4 is 14.8 Å². The van der Waals surface area contributed by atoms with Gasteiger partial charge < -0.3 is 19.7 Å². The third-order valence-corrected chi connectivity index (χ3v) is 5.53. The predicted molar refractivity (Wildman–Crippen MR) is 115 cm³/mol. The second-order valence-corrected chi connectivity index (χ2v) is 7.78. The molecule has 1 fully saturated rings. The largest absolute Gasteiger partial charge is 0.497 e. The number of ether oxygens (including phenoxy) is 2. The number of amides is 2. The van der Waals surface area contributed by atoms with Crippen molar-refractivity contribution in [1.29, 1.82) is 0 Å². The topological polar surface area (TPSA) is 67.9 Å². The van der Waals surface area contributed by atoms with Crippen molar-refractivity contribution < 1.29 is 23.5 Å². The zero-order valence-corrected chi connectivity index (χ0v) is 18.0. The lowest BCUT2D eigenvalue weighted by Gasteiger charge is -2.29. The van der Waals surface area contributed by atoms with Gasteiger partial charge in [0.25, 0.3) is 5.91 Å². The summed E-state index contributed by atoms with van der Waals surface area (Å²) < 4.78 is 23.9. The lowest BCUT2D eigenvalue weighted by molar-refractivity contribution is -0.142. The minimum absolute atomic E-state index is 0.166. The number of nitrogens with one attached hydrogen (secondary N) is 1. The number of halogens is 1. The Balaban J connectivity index is 1.72. The lowest BCUT2D eigenvalue weighted by Crippen LogP contribution is -2.50. The van der Waals surface area contributed by atoms with E-state index in [9.17, 15) is 14.0 Å². The number of hydrogen-bond acceptors (Lipinski definition) is 4. The summed E-state index contributed by atoms with van der Waals surface area (Å²) in [7, 11) is 1.58. The van der Waals surface area contributed by atoms with Gasteiger partial charge in [-0.3, -0.25) is 9.59 Å². The number of methoxy groups -OCH3 is 1. The molecule has 0 saturated heterocycles. The van der Waals surface area contributed by atoms with Crippen molar-refractivity contribution in [3.8, 4) is 11.5 Å². The molecule has 1 saturated carbocycles. The Kier molecular flexibility index (Phi) is 7.87. The van der Waals surface area contributed by atoms with Crippen LogP contribution >= 0.6 is 0 Å². The molecule has 0 spiro atoms. The molecule has 1 aliphatic rings. The molecule has 0 aromatic heterocycles. The first-order valence-electron chi connectivity index (χ1n) is 10.6. The molecular formula is C24H29FN2O4. The standard InChI is InChI=1S/C24H29FN2O4/c1-17(24(29)26-20-7-3-4-8-20)27(15-18-6-5-9-22(14-18)30-2)23(28)16-31-21-12-10-19(25)11-13-21/h5-6,9-14,17,20H,3-4,7-8,15-16H2,1-2H3,(H,26,29)/t17-/m0/s1. The highest BCUT2D eigenvalue weighted by atomic mass is 19.1. The molecule has 31 heavy (non-hydrogen) atoms. The summed E-state index contributed by atoms with van der Waals surface area (Å²) in [5, 5.41) is 3.06. The molecule has 0 heterocycles. The molecule has 3 rings (SSSR count). The highest BCUT2D eigenvalue weighted by molar-refractivity contribution is 5.88. The molecular weight excluding hydrogens is 399 g/mol. The third-order valence-electron chi connectivity index (χ3n) is 5.53. The van der Waals surface area contributed by atoms with Crippen LogP contribution in [0.3, 0.4) is 0 Å². The van der Waals surface area contributed by atoms with Crippen LogP contribution in [0, 0.1) is 5.82 Å². The summed E-state index contributed by atoms with van der Waals surface area (Å²) in [5.41, 5.74) is 0.843. The van der Waals surface area contributed by atoms with Crippen LogP contribution in [0.5, 0.6) is 11.5 Å². The smallest absolute Gasteiger partial charge is 0.261 e. The molecule has 0 aliphatic heterocycles. The van der Waals surface area contributed by atoms with Gasteiger partial charge in [-0.1, -0.05) is 25.0 Å². The zero-order valence-electron chi connectivity index (χ0n) is 18.0. The van der Waals surface area contributed by atoms with Gasteiger partial charge >= 0.3 is 0 Å². The summed E-state index contributed by atoms with van der Waals surface area (Å²) in [4.78, 5) is 27.4. The Morgan fingerprint density at radius 3 is 2.52 bits per heavy atom. The number of rotatable bonds is 9. The third kappa shape index (κ3) is 6.44. The van der Waals surface area contributed by atoms with E-state index < -0.39 is 6.04 Å². The molecule has 2 aromatic carbocycles. The highest BCUT2D eigenvalue weighted by Crippen LogP contribution is 2.20. The Hall–Kier alpha value is -3.09. The van der Waals surface area contributed by atoms with Crippen molar-refractivity contribution >= 4 is 11.8 Å². The number of benzene rings is 2. The first kappa shape index (κ1) is 22.6. The Labute approximate surface area is 182 Å². The van der Waals surface area contributed by atoms with Crippen molar-refractivity contribution in [2.45, 2.75) is 51.2 Å². The fourth-order valence-corrected chi connectivity index (χ4v) is 3.70. The lowest BCUT2D eigenvalue weighted by atomic mass is 10.1. The molecule has 0 unspecified atom stereocenters. The molecule has 1 aliphatic carbocycles. The molecule has 166 valence electrons. The van der Waals surface area contributed by atoms with Crippen molar-refractivity contribution in [1.82, 2.24) is 10.2 Å². The van der Waals surface area contributed by atoms with Gasteiger partial charge in [-0.25, -0.2) is 4.39 Å². The number of carbonyl (C=O) groups is 2. The molecule has 6 nitrogen and oxygen atoms in total. The van der Waals surface area contributed by atoms with Crippen LogP contribution in [-0.2, 0) is 16.1 Å². The summed E-state index contributed by atoms with van der Waals surface area (Å²) in [6, 6.07) is 12.3. The van der Waals surface area contributed by atoms with E-state index in [1.54, 1.807) is 14.0 Å². The van der Waals surface area contributed by atoms with Gasteiger partial charge in [0.2, 0.25) is 5.91 Å². The zero-order chi connectivity index (χ0) is 22.2. The number of nitrogens with zero attached hydrogens (tertiary/aromatic N) is 1. The molecule has 1 atom stereocenters. The van der Waals surface area contributed by atoms with Crippen molar-refractivity contribution in [3.05, 3.63) is 59.9 Å². The van der Waals surface area contributed by atoms with Crippen LogP contribution in [0.15, 0.2) is 48.5 Å². The van der Waals surface area contributed by atoms with Crippen LogP contribution in [0.25, 0.3) is 0 Å². The molecule has 1 N–H and O–H groups in total. The molecule has 0 bridgehead atoms. The Bertz CT molecular complexity index is 881. The molecule has 7 heteroatoms. The van der Waals surface area contributed by atoms with Gasteiger partial charge in [-0.05, 0) is 61.7 Å². The summed E-state index contributed by atoms with van der Waals surface area (Å²) in [6.07, 6.45) is 4.15. The first-order chi connectivity index (χ1) is 15.0. The van der Waals surface area contributed by atoms with E-state index in [1.165, 1.54) is 29.2 Å². The minimum atomic E-state index is -0.670. The number of hydrogen-bond donors (Lipinski definition) is 1. The van der Waals surface area contributed by atoms with Gasteiger partial charge in [0.15, 0.2) is 6.61 Å². The fraction of sp³-hybridized carbons (Fsp3) is 0.417. The van der Waals surface area contributed by atoms with E-state index in [4.69, 9.17) is 9.47 Å². The maximum absolute atomic E-state index is 13.1. The monoisotopic (exact) mass is 428 g/mol. The van der Waals surface area contributed by atoms with E-state index in [0.717, 1.165) is 31.2 Å². The van der Waals surface area contributed by atoms with Crippen molar-refractivity contribution in [3.63, 3.8) is 0 Å². The normalized spacial score (nSPS) is 14.7. The SMILES string of the molecule is COc1cccc(CN(C(=O)COc2ccc(F)cc2)[C@@H](C)C(=O)NC2CCCC2)c1. The van der Waals surface area contributed by atoms with E-state index in [2.05, 4.69) is 5.32 Å². The maximum Gasteiger partial charge on any atom is 0.261 e. The van der Waals surface area contributed by atoms with Gasteiger partial charge in [0, 0.05) is 12.6 Å². The minimum Gasteiger partial charge on any atom is -0.497 e. The van der Waals surface area contributed by atoms with Gasteiger partial charge in [-0.15, -0.1) is 0 Å². The van der Waals surface area contributed by atoms with E-state index in [0.29, 0.717) is 11.5 Å². The molecule has 2 amide bonds. The van der Waals surface area contributed by atoms with Gasteiger partial charge in [0.05, 0.1) is 7.11 Å². The average Bonchev–Trinajstić information content (AvgIpc) is 3.29. The van der Waals surface area contributed by atoms with E-state index >= 15 is 0 Å². The quantitative estimate of drug-likeness (QED) is 0.662. The first-order valence-corrected chi connectivity index (χ1v) is 10.6. The summed E-state index contributed by atoms with van der Waals surface area (Å²) >= 11 is 0. The molecule has 2 aromatic rings. The Morgan fingerprint density at radius 2 is 1.84 bits per heavy atom. The summed E-state index contributed by atoms with van der Waals surface area (Å²) in [5.74, 6) is 0.177. The van der Waals surface area contributed by atoms with Crippen LogP contribution in [0.2, 0.25) is 0 Å². The van der Waals surface area contributed by atoms with Crippen molar-refractivity contribution in [2.24, 2.45) is 0 Å². The van der Waals surface area contributed by atoms with Gasteiger partial charge in [-0.2, -0.15) is 0 Å². The van der Waals surface area contributed by atoms with E-state index in [1.807, 2.05) is 24.3 Å². The number of carbonyl (C=O) groups excluding carboxylic acids is 2. The average molecular weight is 429 g/mol. The van der Waals surface area contributed by atoms with Crippen LogP contribution in [0.4, 0.5) is 4.39 Å². The maximum atomic E-state index is 13.1. The summed E-state index contributed by atoms with van der Waals surface area (Å²) in [6.45, 7) is 1.71. The van der Waals surface area contributed by atoms with Gasteiger partial charge in [0.1, 0.15) is 23.4 Å². The second-order valence-electron chi connectivity index (χ2n) is 7.78. The Morgan fingerprint density at radius 1 is 1.13 bits per heavy atom. The molecule has 0 radical (unpaired) electrons. The van der Waals surface area contributed by atoms with Crippen LogP contribution in [0.1, 0.15) is 38.2 Å². The fourth-order valence-electron chi connectivity index (χ4n) is 3.70. The van der Waals surface area contributed by atoms with Crippen LogP contribution in [-0.4, -0.2) is 42.5 Å².